The minimum Gasteiger partial charge on any atom is -0.456 e. The fourth-order valence-electron chi connectivity index (χ4n) is 2.31. The molecule has 0 spiro atoms. The second-order valence-corrected chi connectivity index (χ2v) is 7.69. The van der Waals surface area contributed by atoms with Crippen LogP contribution in [0.5, 0.6) is 0 Å². The lowest BCUT2D eigenvalue weighted by Crippen LogP contribution is -2.31. The largest absolute Gasteiger partial charge is 0.456 e. The molecule has 0 bridgehead atoms. The molecule has 2 aromatic carbocycles. The fourth-order valence-corrected chi connectivity index (χ4v) is 3.04. The number of likely N-dealkylation sites (N-methyl/N-ethyl adjacent to an activating group) is 1. The minimum absolute atomic E-state index is 0.0977. The van der Waals surface area contributed by atoms with Crippen molar-refractivity contribution in [1.29, 1.82) is 0 Å². The SMILES string of the molecule is CNS(=O)(=O)c1ccc(CCC(=O)OCC(=O)N(C)c2ccccc2)cc1. The Morgan fingerprint density at radius 1 is 1.04 bits per heavy atom. The number of hydrogen-bond donors (Lipinski definition) is 1. The van der Waals surface area contributed by atoms with Crippen molar-refractivity contribution >= 4 is 27.6 Å². The average Bonchev–Trinajstić information content (AvgIpc) is 2.70. The molecule has 0 radical (unpaired) electrons. The molecule has 0 aliphatic heterocycles. The van der Waals surface area contributed by atoms with Crippen LogP contribution in [0.1, 0.15) is 12.0 Å². The average molecular weight is 390 g/mol. The van der Waals surface area contributed by atoms with E-state index in [1.54, 1.807) is 31.3 Å². The highest BCUT2D eigenvalue weighted by molar-refractivity contribution is 7.89. The van der Waals surface area contributed by atoms with Crippen molar-refractivity contribution in [1.82, 2.24) is 4.72 Å². The van der Waals surface area contributed by atoms with Crippen LogP contribution < -0.4 is 9.62 Å². The molecule has 0 fully saturated rings. The molecule has 0 aromatic heterocycles. The van der Waals surface area contributed by atoms with E-state index in [1.807, 2.05) is 18.2 Å². The number of carbonyl (C=O) groups excluding carboxylic acids is 2. The maximum Gasteiger partial charge on any atom is 0.306 e. The number of benzene rings is 2. The van der Waals surface area contributed by atoms with Gasteiger partial charge in [-0.2, -0.15) is 0 Å². The van der Waals surface area contributed by atoms with Gasteiger partial charge >= 0.3 is 5.97 Å². The van der Waals surface area contributed by atoms with Gasteiger partial charge in [-0.25, -0.2) is 13.1 Å². The zero-order chi connectivity index (χ0) is 19.9. The normalized spacial score (nSPS) is 11.0. The first-order valence-corrected chi connectivity index (χ1v) is 9.81. The summed E-state index contributed by atoms with van der Waals surface area (Å²) in [5.41, 5.74) is 1.52. The van der Waals surface area contributed by atoms with Gasteiger partial charge in [0.2, 0.25) is 10.0 Å². The van der Waals surface area contributed by atoms with Crippen molar-refractivity contribution < 1.29 is 22.7 Å². The van der Waals surface area contributed by atoms with Crippen LogP contribution >= 0.6 is 0 Å². The van der Waals surface area contributed by atoms with Gasteiger partial charge in [-0.3, -0.25) is 9.59 Å². The van der Waals surface area contributed by atoms with E-state index in [0.29, 0.717) is 6.42 Å². The predicted octanol–water partition coefficient (Wildman–Crippen LogP) is 1.73. The van der Waals surface area contributed by atoms with Crippen molar-refractivity contribution in [3.8, 4) is 0 Å². The predicted molar refractivity (Wildman–Crippen MR) is 102 cm³/mol. The molecule has 0 aliphatic carbocycles. The summed E-state index contributed by atoms with van der Waals surface area (Å²) in [4.78, 5) is 25.5. The molecule has 1 amide bonds. The maximum atomic E-state index is 12.1. The van der Waals surface area contributed by atoms with Crippen molar-refractivity contribution in [2.75, 3.05) is 25.6 Å². The third-order valence-electron chi connectivity index (χ3n) is 3.99. The molecular formula is C19H22N2O5S. The van der Waals surface area contributed by atoms with Crippen molar-refractivity contribution in [3.05, 3.63) is 60.2 Å². The van der Waals surface area contributed by atoms with Crippen LogP contribution in [0, 0.1) is 0 Å². The molecule has 0 atom stereocenters. The van der Waals surface area contributed by atoms with Crippen LogP contribution in [-0.4, -0.2) is 41.0 Å². The molecule has 0 aliphatic rings. The van der Waals surface area contributed by atoms with E-state index in [0.717, 1.165) is 11.3 Å². The maximum absolute atomic E-state index is 12.1. The molecule has 1 N–H and O–H groups in total. The number of hydrogen-bond acceptors (Lipinski definition) is 5. The summed E-state index contributed by atoms with van der Waals surface area (Å²) in [7, 11) is -0.519. The summed E-state index contributed by atoms with van der Waals surface area (Å²) < 4.78 is 30.6. The number of carbonyl (C=O) groups is 2. The highest BCUT2D eigenvalue weighted by Gasteiger charge is 2.14. The third kappa shape index (κ3) is 5.90. The summed E-state index contributed by atoms with van der Waals surface area (Å²) in [6.45, 7) is -0.330. The molecular weight excluding hydrogens is 368 g/mol. The number of esters is 1. The van der Waals surface area contributed by atoms with Crippen LogP contribution in [0.15, 0.2) is 59.5 Å². The first-order valence-electron chi connectivity index (χ1n) is 8.33. The fraction of sp³-hybridized carbons (Fsp3) is 0.263. The van der Waals surface area contributed by atoms with Crippen molar-refractivity contribution in [2.45, 2.75) is 17.7 Å². The number of nitrogens with one attached hydrogen (secondary N) is 1. The lowest BCUT2D eigenvalue weighted by atomic mass is 10.1. The molecule has 144 valence electrons. The van der Waals surface area contributed by atoms with Crippen LogP contribution in [-0.2, 0) is 30.8 Å². The number of amides is 1. The number of aryl methyl sites for hydroxylation is 1. The summed E-state index contributed by atoms with van der Waals surface area (Å²) in [6.07, 6.45) is 0.488. The summed E-state index contributed by atoms with van der Waals surface area (Å²) in [6, 6.07) is 15.3. The summed E-state index contributed by atoms with van der Waals surface area (Å²) in [5.74, 6) is -0.812. The first kappa shape index (κ1) is 20.6. The number of para-hydroxylation sites is 1. The van der Waals surface area contributed by atoms with Crippen molar-refractivity contribution in [2.24, 2.45) is 0 Å². The second-order valence-electron chi connectivity index (χ2n) is 5.80. The Labute approximate surface area is 159 Å². The van der Waals surface area contributed by atoms with Gasteiger partial charge in [-0.1, -0.05) is 30.3 Å². The van der Waals surface area contributed by atoms with E-state index in [4.69, 9.17) is 4.74 Å². The Hall–Kier alpha value is -2.71. The molecule has 7 nitrogen and oxygen atoms in total. The Morgan fingerprint density at radius 2 is 1.67 bits per heavy atom. The molecule has 0 saturated heterocycles. The summed E-state index contributed by atoms with van der Waals surface area (Å²) >= 11 is 0. The number of rotatable bonds is 8. The lowest BCUT2D eigenvalue weighted by molar-refractivity contribution is -0.147. The molecule has 27 heavy (non-hydrogen) atoms. The number of nitrogens with zero attached hydrogens (tertiary/aromatic N) is 1. The van der Waals surface area contributed by atoms with Crippen LogP contribution in [0.3, 0.4) is 0 Å². The van der Waals surface area contributed by atoms with Crippen LogP contribution in [0.4, 0.5) is 5.69 Å². The van der Waals surface area contributed by atoms with E-state index in [2.05, 4.69) is 4.72 Å². The molecule has 8 heteroatoms. The van der Waals surface area contributed by atoms with Gasteiger partial charge in [0.25, 0.3) is 5.91 Å². The minimum atomic E-state index is -3.48. The highest BCUT2D eigenvalue weighted by Crippen LogP contribution is 2.13. The highest BCUT2D eigenvalue weighted by atomic mass is 32.2. The Kier molecular flexibility index (Phi) is 7.09. The molecule has 2 rings (SSSR count). The third-order valence-corrected chi connectivity index (χ3v) is 5.42. The quantitative estimate of drug-likeness (QED) is 0.693. The Bertz CT molecular complexity index is 880. The van der Waals surface area contributed by atoms with Gasteiger partial charge in [-0.15, -0.1) is 0 Å². The van der Waals surface area contributed by atoms with Gasteiger partial charge in [0, 0.05) is 19.2 Å². The summed E-state index contributed by atoms with van der Waals surface area (Å²) in [5, 5.41) is 0. The number of ether oxygens (including phenoxy) is 1. The van der Waals surface area contributed by atoms with E-state index in [9.17, 15) is 18.0 Å². The van der Waals surface area contributed by atoms with E-state index < -0.39 is 16.0 Å². The lowest BCUT2D eigenvalue weighted by Gasteiger charge is -2.17. The first-order chi connectivity index (χ1) is 12.8. The Balaban J connectivity index is 1.80. The zero-order valence-corrected chi connectivity index (χ0v) is 16.0. The molecule has 2 aromatic rings. The second kappa shape index (κ2) is 9.29. The van der Waals surface area contributed by atoms with Gasteiger partial charge in [-0.05, 0) is 43.3 Å². The Morgan fingerprint density at radius 3 is 2.26 bits per heavy atom. The van der Waals surface area contributed by atoms with Gasteiger partial charge in [0.1, 0.15) is 0 Å². The van der Waals surface area contributed by atoms with Gasteiger partial charge in [0.15, 0.2) is 6.61 Å². The van der Waals surface area contributed by atoms with E-state index >= 15 is 0 Å². The standard InChI is InChI=1S/C19H22N2O5S/c1-20-27(24,25)17-11-8-15(9-12-17)10-13-19(23)26-14-18(22)21(2)16-6-4-3-5-7-16/h3-9,11-12,20H,10,13-14H2,1-2H3. The molecule has 0 saturated carbocycles. The van der Waals surface area contributed by atoms with Crippen molar-refractivity contribution in [3.63, 3.8) is 0 Å². The zero-order valence-electron chi connectivity index (χ0n) is 15.2. The molecule has 0 unspecified atom stereocenters. The van der Waals surface area contributed by atoms with Gasteiger partial charge in [0.05, 0.1) is 4.90 Å². The smallest absolute Gasteiger partial charge is 0.306 e. The van der Waals surface area contributed by atoms with E-state index in [1.165, 1.54) is 24.1 Å². The topological polar surface area (TPSA) is 92.8 Å². The number of sulfonamides is 1. The van der Waals surface area contributed by atoms with Crippen LogP contribution in [0.25, 0.3) is 0 Å². The number of anilines is 1. The van der Waals surface area contributed by atoms with E-state index in [-0.39, 0.29) is 23.8 Å². The molecule has 0 heterocycles. The van der Waals surface area contributed by atoms with Crippen LogP contribution in [0.2, 0.25) is 0 Å². The van der Waals surface area contributed by atoms with Gasteiger partial charge < -0.3 is 9.64 Å². The monoisotopic (exact) mass is 390 g/mol.